The molecule has 0 radical (unpaired) electrons. The highest BCUT2D eigenvalue weighted by atomic mass is 16.5. The van der Waals surface area contributed by atoms with Crippen LogP contribution in [0.5, 0.6) is 17.2 Å². The van der Waals surface area contributed by atoms with Crippen molar-refractivity contribution in [1.29, 1.82) is 0 Å². The van der Waals surface area contributed by atoms with Gasteiger partial charge in [0.2, 0.25) is 0 Å². The van der Waals surface area contributed by atoms with Crippen molar-refractivity contribution >= 4 is 16.9 Å². The van der Waals surface area contributed by atoms with Crippen LogP contribution in [0.2, 0.25) is 0 Å². The van der Waals surface area contributed by atoms with E-state index in [-0.39, 0.29) is 12.6 Å². The number of fused-ring (bicyclic) bond motifs is 1. The molecule has 0 atom stereocenters. The van der Waals surface area contributed by atoms with E-state index in [2.05, 4.69) is 11.8 Å². The van der Waals surface area contributed by atoms with Gasteiger partial charge in [-0.2, -0.15) is 0 Å². The quantitative estimate of drug-likeness (QED) is 0.266. The fraction of sp³-hybridized carbons (Fsp3) is 0.179. The number of hydrogen-bond donors (Lipinski definition) is 0. The summed E-state index contributed by atoms with van der Waals surface area (Å²) in [6.45, 7) is 1.82. The standard InChI is InChI=1S/C28H24O6/c1-19(29)32-13-7-10-21-14-23-17-25(34-28(23)27(15-21)31-3)22-11-12-24(26(16-22)30-2)33-18-20-8-5-4-6-9-20/h4-6,8-9,11-12,14-17H,13,18H2,1-3H3. The zero-order valence-corrected chi connectivity index (χ0v) is 19.2. The van der Waals surface area contributed by atoms with Crippen LogP contribution in [0.3, 0.4) is 0 Å². The minimum Gasteiger partial charge on any atom is -0.493 e. The molecule has 1 heterocycles. The molecule has 34 heavy (non-hydrogen) atoms. The van der Waals surface area contributed by atoms with E-state index in [1.807, 2.05) is 60.7 Å². The monoisotopic (exact) mass is 456 g/mol. The van der Waals surface area contributed by atoms with Crippen LogP contribution in [0.15, 0.2) is 71.1 Å². The maximum absolute atomic E-state index is 10.9. The van der Waals surface area contributed by atoms with Crippen LogP contribution in [-0.4, -0.2) is 26.8 Å². The Kier molecular flexibility index (Phi) is 7.04. The lowest BCUT2D eigenvalue weighted by Gasteiger charge is -2.11. The number of benzene rings is 3. The summed E-state index contributed by atoms with van der Waals surface area (Å²) in [6.07, 6.45) is 0. The Balaban J connectivity index is 1.60. The van der Waals surface area contributed by atoms with Gasteiger partial charge in [0.25, 0.3) is 0 Å². The molecule has 1 aromatic heterocycles. The summed E-state index contributed by atoms with van der Waals surface area (Å²) >= 11 is 0. The maximum atomic E-state index is 10.9. The van der Waals surface area contributed by atoms with E-state index in [1.165, 1.54) is 6.92 Å². The van der Waals surface area contributed by atoms with Gasteiger partial charge in [-0.3, -0.25) is 4.79 Å². The third kappa shape index (κ3) is 5.33. The molecule has 0 aliphatic heterocycles. The van der Waals surface area contributed by atoms with Gasteiger partial charge in [0, 0.05) is 23.4 Å². The Bertz CT molecular complexity index is 1360. The van der Waals surface area contributed by atoms with Crippen molar-refractivity contribution in [1.82, 2.24) is 0 Å². The summed E-state index contributed by atoms with van der Waals surface area (Å²) in [5.74, 6) is 7.92. The smallest absolute Gasteiger partial charge is 0.303 e. The van der Waals surface area contributed by atoms with Crippen LogP contribution in [0.4, 0.5) is 0 Å². The number of esters is 1. The van der Waals surface area contributed by atoms with E-state index in [0.717, 1.165) is 22.1 Å². The number of methoxy groups -OCH3 is 2. The van der Waals surface area contributed by atoms with Gasteiger partial charge in [0.1, 0.15) is 12.4 Å². The van der Waals surface area contributed by atoms with Crippen molar-refractivity contribution in [3.8, 4) is 40.4 Å². The molecular weight excluding hydrogens is 432 g/mol. The first-order valence-corrected chi connectivity index (χ1v) is 10.7. The Morgan fingerprint density at radius 3 is 2.44 bits per heavy atom. The molecule has 0 aliphatic carbocycles. The largest absolute Gasteiger partial charge is 0.493 e. The second-order valence-electron chi connectivity index (χ2n) is 7.43. The summed E-state index contributed by atoms with van der Waals surface area (Å²) in [6, 6.07) is 21.2. The predicted octanol–water partition coefficient (Wildman–Crippen LogP) is 5.61. The average molecular weight is 456 g/mol. The van der Waals surface area contributed by atoms with Gasteiger partial charge >= 0.3 is 5.97 Å². The van der Waals surface area contributed by atoms with E-state index >= 15 is 0 Å². The SMILES string of the molecule is COc1cc(-c2cc3cc(C#CCOC(C)=O)cc(OC)c3o2)ccc1OCc1ccccc1. The molecule has 0 saturated heterocycles. The molecule has 0 aliphatic rings. The van der Waals surface area contributed by atoms with Gasteiger partial charge < -0.3 is 23.4 Å². The second-order valence-corrected chi connectivity index (χ2v) is 7.43. The fourth-order valence-corrected chi connectivity index (χ4v) is 3.44. The van der Waals surface area contributed by atoms with Gasteiger partial charge in [0.05, 0.1) is 14.2 Å². The second kappa shape index (κ2) is 10.5. The summed E-state index contributed by atoms with van der Waals surface area (Å²) < 4.78 is 28.0. The zero-order valence-electron chi connectivity index (χ0n) is 19.2. The number of ether oxygens (including phenoxy) is 4. The molecule has 0 bridgehead atoms. The molecule has 0 unspecified atom stereocenters. The summed E-state index contributed by atoms with van der Waals surface area (Å²) in [5, 5.41) is 0.842. The number of rotatable bonds is 7. The third-order valence-electron chi connectivity index (χ3n) is 5.07. The van der Waals surface area contributed by atoms with Crippen LogP contribution >= 0.6 is 0 Å². The number of carbonyl (C=O) groups is 1. The highest BCUT2D eigenvalue weighted by Crippen LogP contribution is 2.38. The first-order chi connectivity index (χ1) is 16.6. The number of carbonyl (C=O) groups excluding carboxylic acids is 1. The number of furan rings is 1. The van der Waals surface area contributed by atoms with Crippen molar-refractivity contribution < 1.29 is 28.2 Å². The highest BCUT2D eigenvalue weighted by Gasteiger charge is 2.14. The molecule has 6 nitrogen and oxygen atoms in total. The van der Waals surface area contributed by atoms with Gasteiger partial charge in [-0.25, -0.2) is 0 Å². The normalized spacial score (nSPS) is 10.3. The predicted molar refractivity (Wildman–Crippen MR) is 129 cm³/mol. The van der Waals surface area contributed by atoms with Crippen LogP contribution in [0.25, 0.3) is 22.3 Å². The number of hydrogen-bond acceptors (Lipinski definition) is 6. The first-order valence-electron chi connectivity index (χ1n) is 10.7. The van der Waals surface area contributed by atoms with Crippen LogP contribution in [-0.2, 0) is 16.1 Å². The minimum absolute atomic E-state index is 0.0325. The van der Waals surface area contributed by atoms with E-state index in [1.54, 1.807) is 20.3 Å². The topological polar surface area (TPSA) is 67.1 Å². The molecule has 0 spiro atoms. The van der Waals surface area contributed by atoms with E-state index < -0.39 is 0 Å². The van der Waals surface area contributed by atoms with Gasteiger partial charge in [-0.1, -0.05) is 42.2 Å². The van der Waals surface area contributed by atoms with E-state index in [0.29, 0.717) is 35.2 Å². The maximum Gasteiger partial charge on any atom is 0.303 e. The molecule has 4 aromatic rings. The summed E-state index contributed by atoms with van der Waals surface area (Å²) in [7, 11) is 3.19. The highest BCUT2D eigenvalue weighted by molar-refractivity contribution is 5.89. The molecule has 0 amide bonds. The lowest BCUT2D eigenvalue weighted by atomic mass is 10.1. The Hall–Kier alpha value is -4.37. The molecular formula is C28H24O6. The van der Waals surface area contributed by atoms with Crippen molar-refractivity contribution in [3.63, 3.8) is 0 Å². The minimum atomic E-state index is -0.367. The third-order valence-corrected chi connectivity index (χ3v) is 5.07. The van der Waals surface area contributed by atoms with Crippen LogP contribution in [0, 0.1) is 11.8 Å². The van der Waals surface area contributed by atoms with Gasteiger partial charge in [-0.15, -0.1) is 0 Å². The molecule has 0 saturated carbocycles. The lowest BCUT2D eigenvalue weighted by Crippen LogP contribution is -1.97. The van der Waals surface area contributed by atoms with Crippen molar-refractivity contribution in [2.75, 3.05) is 20.8 Å². The Morgan fingerprint density at radius 2 is 1.71 bits per heavy atom. The Morgan fingerprint density at radius 1 is 0.912 bits per heavy atom. The molecule has 0 N–H and O–H groups in total. The molecule has 4 rings (SSSR count). The van der Waals surface area contributed by atoms with Crippen molar-refractivity contribution in [2.24, 2.45) is 0 Å². The average Bonchev–Trinajstić information content (AvgIpc) is 3.29. The van der Waals surface area contributed by atoms with Gasteiger partial charge in [0.15, 0.2) is 29.4 Å². The Labute approximate surface area is 198 Å². The van der Waals surface area contributed by atoms with E-state index in [9.17, 15) is 4.79 Å². The molecule has 6 heteroatoms. The van der Waals surface area contributed by atoms with Crippen LogP contribution in [0.1, 0.15) is 18.1 Å². The van der Waals surface area contributed by atoms with Crippen molar-refractivity contribution in [3.05, 3.63) is 77.9 Å². The molecule has 0 fully saturated rings. The lowest BCUT2D eigenvalue weighted by molar-refractivity contribution is -0.139. The first kappa shape index (κ1) is 22.8. The van der Waals surface area contributed by atoms with Crippen molar-refractivity contribution in [2.45, 2.75) is 13.5 Å². The van der Waals surface area contributed by atoms with Crippen LogP contribution < -0.4 is 14.2 Å². The molecule has 3 aromatic carbocycles. The zero-order chi connectivity index (χ0) is 23.9. The van der Waals surface area contributed by atoms with E-state index in [4.69, 9.17) is 23.4 Å². The summed E-state index contributed by atoms with van der Waals surface area (Å²) in [4.78, 5) is 10.9. The van der Waals surface area contributed by atoms with Gasteiger partial charge in [-0.05, 0) is 42.0 Å². The molecule has 172 valence electrons. The summed E-state index contributed by atoms with van der Waals surface area (Å²) in [5.41, 5.74) is 3.26. The fourth-order valence-electron chi connectivity index (χ4n) is 3.44.